The third-order valence-corrected chi connectivity index (χ3v) is 2.94. The highest BCUT2D eigenvalue weighted by Gasteiger charge is 2.11. The van der Waals surface area contributed by atoms with Gasteiger partial charge >= 0.3 is 0 Å². The lowest BCUT2D eigenvalue weighted by atomic mass is 10.3. The molecule has 0 aliphatic rings. The van der Waals surface area contributed by atoms with Crippen molar-refractivity contribution in [3.05, 3.63) is 24.3 Å². The molecule has 0 heterocycles. The molecule has 0 saturated carbocycles. The summed E-state index contributed by atoms with van der Waals surface area (Å²) in [7, 11) is -3.60. The summed E-state index contributed by atoms with van der Waals surface area (Å²) in [5.74, 6) is 0.494. The van der Waals surface area contributed by atoms with Crippen molar-refractivity contribution in [3.8, 4) is 5.75 Å². The van der Waals surface area contributed by atoms with Crippen LogP contribution in [0.15, 0.2) is 24.3 Å². The summed E-state index contributed by atoms with van der Waals surface area (Å²) in [6.45, 7) is 2.73. The van der Waals surface area contributed by atoms with Gasteiger partial charge in [-0.3, -0.25) is 4.72 Å². The molecule has 17 heavy (non-hydrogen) atoms. The first-order valence-corrected chi connectivity index (χ1v) is 6.76. The highest BCUT2D eigenvalue weighted by atomic mass is 32.2. The molecule has 1 aromatic carbocycles. The lowest BCUT2D eigenvalue weighted by Crippen LogP contribution is -2.34. The molecule has 0 bridgehead atoms. The van der Waals surface area contributed by atoms with Crippen LogP contribution in [0.1, 0.15) is 6.92 Å². The number of anilines is 1. The molecule has 0 aliphatic heterocycles. The number of rotatable bonds is 7. The zero-order valence-electron chi connectivity index (χ0n) is 9.64. The summed E-state index contributed by atoms with van der Waals surface area (Å²) in [5.41, 5.74) is 5.63. The predicted octanol–water partition coefficient (Wildman–Crippen LogP) is 0.290. The van der Waals surface area contributed by atoms with Crippen molar-refractivity contribution in [2.24, 2.45) is 5.73 Å². The largest absolute Gasteiger partial charge is 0.492 e. The second-order valence-corrected chi connectivity index (χ2v) is 4.72. The summed E-state index contributed by atoms with van der Waals surface area (Å²) < 4.78 is 33.2. The van der Waals surface area contributed by atoms with Crippen LogP contribution >= 0.6 is 0 Å². The zero-order valence-corrected chi connectivity index (χ0v) is 10.5. The summed E-state index contributed by atoms with van der Waals surface area (Å²) in [6, 6.07) is 6.83. The molecule has 96 valence electrons. The third-order valence-electron chi connectivity index (χ3n) is 1.87. The van der Waals surface area contributed by atoms with E-state index < -0.39 is 10.2 Å². The van der Waals surface area contributed by atoms with Crippen LogP contribution in [-0.4, -0.2) is 28.1 Å². The highest BCUT2D eigenvalue weighted by Crippen LogP contribution is 2.24. The van der Waals surface area contributed by atoms with Crippen molar-refractivity contribution in [2.45, 2.75) is 6.92 Å². The van der Waals surface area contributed by atoms with E-state index in [-0.39, 0.29) is 13.1 Å². The first-order valence-electron chi connectivity index (χ1n) is 5.28. The summed E-state index contributed by atoms with van der Waals surface area (Å²) >= 11 is 0. The van der Waals surface area contributed by atoms with Crippen molar-refractivity contribution < 1.29 is 13.2 Å². The first-order chi connectivity index (χ1) is 8.09. The molecule has 0 spiro atoms. The molecule has 0 aromatic heterocycles. The maximum atomic E-state index is 11.6. The van der Waals surface area contributed by atoms with Gasteiger partial charge in [0.05, 0.1) is 12.3 Å². The maximum absolute atomic E-state index is 11.6. The van der Waals surface area contributed by atoms with Gasteiger partial charge in [0.2, 0.25) is 0 Å². The average molecular weight is 259 g/mol. The Labute approximate surface area is 101 Å². The van der Waals surface area contributed by atoms with Crippen LogP contribution in [0.4, 0.5) is 5.69 Å². The Bertz CT molecular complexity index is 448. The molecule has 0 saturated heterocycles. The minimum absolute atomic E-state index is 0.187. The predicted molar refractivity (Wildman–Crippen MR) is 67.2 cm³/mol. The molecule has 0 aliphatic carbocycles. The fourth-order valence-electron chi connectivity index (χ4n) is 1.21. The summed E-state index contributed by atoms with van der Waals surface area (Å²) in [6.07, 6.45) is 0. The smallest absolute Gasteiger partial charge is 0.299 e. The van der Waals surface area contributed by atoms with E-state index >= 15 is 0 Å². The number of ether oxygens (including phenoxy) is 1. The van der Waals surface area contributed by atoms with E-state index in [4.69, 9.17) is 10.5 Å². The Morgan fingerprint density at radius 1 is 1.35 bits per heavy atom. The molecule has 0 atom stereocenters. The lowest BCUT2D eigenvalue weighted by Gasteiger charge is -2.12. The Balaban J connectivity index is 2.80. The van der Waals surface area contributed by atoms with Gasteiger partial charge in [-0.15, -0.1) is 0 Å². The van der Waals surface area contributed by atoms with Crippen LogP contribution in [0.25, 0.3) is 0 Å². The summed E-state index contributed by atoms with van der Waals surface area (Å²) in [4.78, 5) is 0. The van der Waals surface area contributed by atoms with E-state index in [1.54, 1.807) is 24.3 Å². The Morgan fingerprint density at radius 3 is 2.71 bits per heavy atom. The van der Waals surface area contributed by atoms with E-state index in [0.717, 1.165) is 0 Å². The minimum atomic E-state index is -3.60. The molecule has 0 amide bonds. The summed E-state index contributed by atoms with van der Waals surface area (Å²) in [5, 5.41) is 0. The van der Waals surface area contributed by atoms with Crippen molar-refractivity contribution >= 4 is 15.9 Å². The Hall–Kier alpha value is -1.31. The monoisotopic (exact) mass is 259 g/mol. The molecule has 0 unspecified atom stereocenters. The molecule has 6 nitrogen and oxygen atoms in total. The number of hydrogen-bond acceptors (Lipinski definition) is 4. The van der Waals surface area contributed by atoms with Crippen LogP contribution in [0.5, 0.6) is 5.75 Å². The Kier molecular flexibility index (Phi) is 5.20. The second-order valence-electron chi connectivity index (χ2n) is 3.22. The quantitative estimate of drug-likeness (QED) is 0.656. The van der Waals surface area contributed by atoms with Gasteiger partial charge in [0.1, 0.15) is 5.75 Å². The number of nitrogens with two attached hydrogens (primary N) is 1. The van der Waals surface area contributed by atoms with E-state index in [1.165, 1.54) is 0 Å². The molecule has 0 fully saturated rings. The number of para-hydroxylation sites is 2. The van der Waals surface area contributed by atoms with Crippen molar-refractivity contribution in [3.63, 3.8) is 0 Å². The minimum Gasteiger partial charge on any atom is -0.492 e. The van der Waals surface area contributed by atoms with E-state index in [9.17, 15) is 8.42 Å². The molecule has 0 radical (unpaired) electrons. The van der Waals surface area contributed by atoms with Crippen LogP contribution in [0.2, 0.25) is 0 Å². The molecular weight excluding hydrogens is 242 g/mol. The number of hydrogen-bond donors (Lipinski definition) is 3. The van der Waals surface area contributed by atoms with Gasteiger partial charge in [0.25, 0.3) is 10.2 Å². The lowest BCUT2D eigenvalue weighted by molar-refractivity contribution is 0.342. The van der Waals surface area contributed by atoms with Crippen LogP contribution in [0, 0.1) is 0 Å². The van der Waals surface area contributed by atoms with Crippen molar-refractivity contribution in [2.75, 3.05) is 24.4 Å². The maximum Gasteiger partial charge on any atom is 0.299 e. The van der Waals surface area contributed by atoms with Crippen LogP contribution < -0.4 is 19.9 Å². The fourth-order valence-corrected chi connectivity index (χ4v) is 2.12. The van der Waals surface area contributed by atoms with Gasteiger partial charge in [0, 0.05) is 13.1 Å². The third kappa shape index (κ3) is 4.59. The molecule has 4 N–H and O–H groups in total. The van der Waals surface area contributed by atoms with Gasteiger partial charge in [-0.25, -0.2) is 0 Å². The highest BCUT2D eigenvalue weighted by molar-refractivity contribution is 7.90. The SMILES string of the molecule is CCOc1ccccc1NS(=O)(=O)NCCN. The fraction of sp³-hybridized carbons (Fsp3) is 0.400. The zero-order chi connectivity index (χ0) is 12.7. The normalized spacial score (nSPS) is 11.2. The van der Waals surface area contributed by atoms with Crippen molar-refractivity contribution in [1.82, 2.24) is 4.72 Å². The van der Waals surface area contributed by atoms with Gasteiger partial charge in [0.15, 0.2) is 0 Å². The van der Waals surface area contributed by atoms with Crippen LogP contribution in [-0.2, 0) is 10.2 Å². The number of benzene rings is 1. The molecule has 1 rings (SSSR count). The van der Waals surface area contributed by atoms with Gasteiger partial charge in [-0.05, 0) is 19.1 Å². The first kappa shape index (κ1) is 13.8. The Morgan fingerprint density at radius 2 is 2.06 bits per heavy atom. The second kappa shape index (κ2) is 6.43. The topological polar surface area (TPSA) is 93.4 Å². The van der Waals surface area contributed by atoms with E-state index in [0.29, 0.717) is 18.0 Å². The standard InChI is InChI=1S/C10H17N3O3S/c1-2-16-10-6-4-3-5-9(10)13-17(14,15)12-8-7-11/h3-6,12-13H,2,7-8,11H2,1H3. The van der Waals surface area contributed by atoms with Gasteiger partial charge in [-0.2, -0.15) is 13.1 Å². The number of nitrogens with one attached hydrogen (secondary N) is 2. The van der Waals surface area contributed by atoms with Crippen molar-refractivity contribution in [1.29, 1.82) is 0 Å². The molecular formula is C10H17N3O3S. The van der Waals surface area contributed by atoms with E-state index in [2.05, 4.69) is 9.44 Å². The average Bonchev–Trinajstić information content (AvgIpc) is 2.29. The molecule has 7 heteroatoms. The van der Waals surface area contributed by atoms with Gasteiger partial charge < -0.3 is 10.5 Å². The molecule has 1 aromatic rings. The van der Waals surface area contributed by atoms with Crippen LogP contribution in [0.3, 0.4) is 0 Å². The van der Waals surface area contributed by atoms with E-state index in [1.807, 2.05) is 6.92 Å². The van der Waals surface area contributed by atoms with Gasteiger partial charge in [-0.1, -0.05) is 12.1 Å².